The summed E-state index contributed by atoms with van der Waals surface area (Å²) in [5, 5.41) is 7.93. The van der Waals surface area contributed by atoms with E-state index in [1.807, 2.05) is 33.8 Å². The number of nitrogens with zero attached hydrogens (tertiary/aromatic N) is 3. The van der Waals surface area contributed by atoms with Crippen molar-refractivity contribution in [1.29, 1.82) is 0 Å². The van der Waals surface area contributed by atoms with Gasteiger partial charge in [0, 0.05) is 38.9 Å². The highest BCUT2D eigenvalue weighted by atomic mass is 16.5. The Hall–Kier alpha value is -2.67. The fourth-order valence-corrected chi connectivity index (χ4v) is 4.50. The number of likely N-dealkylation sites (tertiary alicyclic amines) is 1. The number of ketones is 1. The number of nitrogens with one attached hydrogen (secondary N) is 1. The monoisotopic (exact) mass is 380 g/mol. The van der Waals surface area contributed by atoms with E-state index in [1.165, 1.54) is 5.69 Å². The van der Waals surface area contributed by atoms with Gasteiger partial charge >= 0.3 is 0 Å². The van der Waals surface area contributed by atoms with Gasteiger partial charge in [-0.2, -0.15) is 5.10 Å². The quantitative estimate of drug-likeness (QED) is 0.875. The lowest BCUT2D eigenvalue weighted by Gasteiger charge is -2.34. The summed E-state index contributed by atoms with van der Waals surface area (Å²) < 4.78 is 8.24. The zero-order valence-electron chi connectivity index (χ0n) is 15.8. The fraction of sp³-hybridized carbons (Fsp3) is 0.476. The van der Waals surface area contributed by atoms with Gasteiger partial charge in [0.05, 0.1) is 36.5 Å². The number of para-hydroxylation sites is 1. The lowest BCUT2D eigenvalue weighted by atomic mass is 9.89. The smallest absolute Gasteiger partial charge is 0.223 e. The first-order chi connectivity index (χ1) is 13.6. The maximum Gasteiger partial charge on any atom is 0.223 e. The van der Waals surface area contributed by atoms with E-state index in [4.69, 9.17) is 4.74 Å². The molecule has 7 nitrogen and oxygen atoms in total. The van der Waals surface area contributed by atoms with Crippen LogP contribution in [0.4, 0.5) is 0 Å². The van der Waals surface area contributed by atoms with E-state index in [0.717, 1.165) is 25.3 Å². The normalized spacial score (nSPS) is 23.4. The molecule has 0 saturated carbocycles. The van der Waals surface area contributed by atoms with Gasteiger partial charge in [-0.3, -0.25) is 14.3 Å². The van der Waals surface area contributed by atoms with Crippen molar-refractivity contribution in [2.24, 2.45) is 0 Å². The zero-order chi connectivity index (χ0) is 19.1. The average molecular weight is 380 g/mol. The van der Waals surface area contributed by atoms with Crippen molar-refractivity contribution in [2.45, 2.75) is 44.4 Å². The van der Waals surface area contributed by atoms with E-state index in [9.17, 15) is 9.59 Å². The predicted molar refractivity (Wildman–Crippen MR) is 102 cm³/mol. The summed E-state index contributed by atoms with van der Waals surface area (Å²) in [5.74, 6) is 0.856. The molecule has 0 radical (unpaired) electrons. The number of carbonyl (C=O) groups excluding carboxylic acids is 2. The van der Waals surface area contributed by atoms with Gasteiger partial charge < -0.3 is 15.0 Å². The van der Waals surface area contributed by atoms with Crippen molar-refractivity contribution in [3.63, 3.8) is 0 Å². The number of Topliss-reactive ketones (excluding diaryl/α,β-unsaturated/α-hetero) is 1. The third kappa shape index (κ3) is 3.09. The van der Waals surface area contributed by atoms with Gasteiger partial charge in [-0.15, -0.1) is 0 Å². The molecule has 1 amide bonds. The van der Waals surface area contributed by atoms with Crippen molar-refractivity contribution in [2.75, 3.05) is 19.6 Å². The number of benzene rings is 1. The molecular weight excluding hydrogens is 356 g/mol. The molecule has 7 heteroatoms. The van der Waals surface area contributed by atoms with Crippen LogP contribution in [-0.2, 0) is 24.3 Å². The third-order valence-corrected chi connectivity index (χ3v) is 5.98. The van der Waals surface area contributed by atoms with Crippen LogP contribution in [0, 0.1) is 0 Å². The maximum atomic E-state index is 12.8. The van der Waals surface area contributed by atoms with Gasteiger partial charge in [0.1, 0.15) is 11.4 Å². The Morgan fingerprint density at radius 2 is 2.18 bits per heavy atom. The summed E-state index contributed by atoms with van der Waals surface area (Å²) in [5.41, 5.74) is 2.23. The number of amides is 1. The van der Waals surface area contributed by atoms with E-state index >= 15 is 0 Å². The predicted octanol–water partition coefficient (Wildman–Crippen LogP) is 1.56. The van der Waals surface area contributed by atoms with Crippen molar-refractivity contribution < 1.29 is 14.3 Å². The van der Waals surface area contributed by atoms with Crippen molar-refractivity contribution in [3.8, 4) is 5.75 Å². The minimum absolute atomic E-state index is 0.105. The lowest BCUT2D eigenvalue weighted by molar-refractivity contribution is -0.131. The first kappa shape index (κ1) is 17.4. The van der Waals surface area contributed by atoms with Gasteiger partial charge in [0.15, 0.2) is 5.78 Å². The zero-order valence-corrected chi connectivity index (χ0v) is 15.8. The molecular formula is C21H24N4O3. The summed E-state index contributed by atoms with van der Waals surface area (Å²) in [7, 11) is 0. The highest BCUT2D eigenvalue weighted by Gasteiger charge is 2.46. The van der Waals surface area contributed by atoms with Gasteiger partial charge in [-0.05, 0) is 18.2 Å². The Balaban J connectivity index is 1.22. The first-order valence-corrected chi connectivity index (χ1v) is 9.97. The van der Waals surface area contributed by atoms with Crippen LogP contribution in [0.15, 0.2) is 30.3 Å². The molecule has 1 saturated heterocycles. The summed E-state index contributed by atoms with van der Waals surface area (Å²) in [4.78, 5) is 27.1. The molecule has 5 rings (SSSR count). The van der Waals surface area contributed by atoms with Crippen LogP contribution in [0.3, 0.4) is 0 Å². The van der Waals surface area contributed by atoms with Crippen molar-refractivity contribution in [1.82, 2.24) is 20.0 Å². The van der Waals surface area contributed by atoms with Gasteiger partial charge in [0.2, 0.25) is 5.91 Å². The molecule has 0 aliphatic carbocycles. The maximum absolute atomic E-state index is 12.8. The number of aryl methyl sites for hydroxylation is 1. The van der Waals surface area contributed by atoms with E-state index < -0.39 is 5.60 Å². The Morgan fingerprint density at radius 1 is 1.29 bits per heavy atom. The number of hydrogen-bond donors (Lipinski definition) is 1. The van der Waals surface area contributed by atoms with Crippen LogP contribution in [0.25, 0.3) is 0 Å². The molecule has 1 spiro atoms. The fourth-order valence-electron chi connectivity index (χ4n) is 4.50. The lowest BCUT2D eigenvalue weighted by Crippen LogP contribution is -2.45. The largest absolute Gasteiger partial charge is 0.484 e. The molecule has 1 N–H and O–H groups in total. The molecule has 0 bridgehead atoms. The summed E-state index contributed by atoms with van der Waals surface area (Å²) in [6.07, 6.45) is 2.12. The molecule has 1 fully saturated rings. The Kier molecular flexibility index (Phi) is 4.19. The van der Waals surface area contributed by atoms with E-state index in [-0.39, 0.29) is 11.7 Å². The molecule has 4 heterocycles. The minimum Gasteiger partial charge on any atom is -0.484 e. The van der Waals surface area contributed by atoms with Crippen molar-refractivity contribution in [3.05, 3.63) is 47.3 Å². The van der Waals surface area contributed by atoms with Crippen LogP contribution < -0.4 is 10.1 Å². The van der Waals surface area contributed by atoms with Crippen LogP contribution in [0.2, 0.25) is 0 Å². The molecule has 28 heavy (non-hydrogen) atoms. The van der Waals surface area contributed by atoms with Crippen molar-refractivity contribution >= 4 is 11.7 Å². The van der Waals surface area contributed by atoms with Crippen LogP contribution in [-0.4, -0.2) is 51.6 Å². The molecule has 2 aromatic rings. The standard InChI is InChI=1S/C21H24N4O3/c26-18-12-21(28-19-4-2-1-3-17(18)19)7-9-24(14-21)20(27)6-5-15-11-16-13-22-8-10-25(16)23-15/h1-4,11,22H,5-10,12-14H2/t21-/m1/s1. The number of aromatic nitrogens is 2. The Bertz CT molecular complexity index is 914. The number of carbonyl (C=O) groups is 2. The number of hydrogen-bond acceptors (Lipinski definition) is 5. The summed E-state index contributed by atoms with van der Waals surface area (Å²) in [6, 6.07) is 9.47. The first-order valence-electron chi connectivity index (χ1n) is 9.97. The van der Waals surface area contributed by atoms with Crippen LogP contribution in [0.5, 0.6) is 5.75 Å². The topological polar surface area (TPSA) is 76.5 Å². The Labute approximate surface area is 163 Å². The highest BCUT2D eigenvalue weighted by molar-refractivity contribution is 6.00. The second-order valence-electron chi connectivity index (χ2n) is 7.97. The van der Waals surface area contributed by atoms with Gasteiger partial charge in [-0.1, -0.05) is 12.1 Å². The summed E-state index contributed by atoms with van der Waals surface area (Å²) in [6.45, 7) is 3.77. The molecule has 146 valence electrons. The minimum atomic E-state index is -0.569. The molecule has 3 aliphatic heterocycles. The third-order valence-electron chi connectivity index (χ3n) is 5.98. The van der Waals surface area contributed by atoms with E-state index in [1.54, 1.807) is 0 Å². The molecule has 1 aromatic heterocycles. The molecule has 3 aliphatic rings. The van der Waals surface area contributed by atoms with Crippen LogP contribution in [0.1, 0.15) is 41.0 Å². The molecule has 1 aromatic carbocycles. The van der Waals surface area contributed by atoms with Crippen LogP contribution >= 0.6 is 0 Å². The Morgan fingerprint density at radius 3 is 3.07 bits per heavy atom. The number of rotatable bonds is 3. The SMILES string of the molecule is O=C1C[C@@]2(CCN(C(=O)CCc3cc4n(n3)CCNC4)C2)Oc2ccccc21. The molecule has 1 atom stereocenters. The van der Waals surface area contributed by atoms with E-state index in [0.29, 0.717) is 50.1 Å². The second kappa shape index (κ2) is 6.74. The summed E-state index contributed by atoms with van der Waals surface area (Å²) >= 11 is 0. The highest BCUT2D eigenvalue weighted by Crippen LogP contribution is 2.38. The molecule has 0 unspecified atom stereocenters. The van der Waals surface area contributed by atoms with E-state index in [2.05, 4.69) is 16.5 Å². The average Bonchev–Trinajstić information content (AvgIpc) is 3.30. The van der Waals surface area contributed by atoms with Gasteiger partial charge in [0.25, 0.3) is 0 Å². The number of fused-ring (bicyclic) bond motifs is 2. The second-order valence-corrected chi connectivity index (χ2v) is 7.97. The van der Waals surface area contributed by atoms with Gasteiger partial charge in [-0.25, -0.2) is 0 Å². The number of ether oxygens (including phenoxy) is 1.